The molecule has 1 heterocycles. The molecule has 2 aromatic rings. The highest BCUT2D eigenvalue weighted by Gasteiger charge is 2.23. The molecule has 0 fully saturated rings. The topological polar surface area (TPSA) is 36.4 Å². The number of thiazole rings is 1. The molecule has 0 spiro atoms. The van der Waals surface area contributed by atoms with Crippen molar-refractivity contribution in [1.82, 2.24) is 4.98 Å². The summed E-state index contributed by atoms with van der Waals surface area (Å²) in [7, 11) is 2.04. The summed E-state index contributed by atoms with van der Waals surface area (Å²) in [6.45, 7) is 7.22. The van der Waals surface area contributed by atoms with Crippen LogP contribution in [-0.4, -0.2) is 17.1 Å². The zero-order valence-electron chi connectivity index (χ0n) is 12.9. The predicted molar refractivity (Wildman–Crippen MR) is 93.0 cm³/mol. The quantitative estimate of drug-likeness (QED) is 0.872. The van der Waals surface area contributed by atoms with Crippen molar-refractivity contribution in [2.45, 2.75) is 39.3 Å². The summed E-state index contributed by atoms with van der Waals surface area (Å²) in [5.41, 5.74) is 2.17. The van der Waals surface area contributed by atoms with Gasteiger partial charge < -0.3 is 10.0 Å². The fraction of sp³-hybridized carbons (Fsp3) is 0.438. The van der Waals surface area contributed by atoms with E-state index in [1.54, 1.807) is 11.3 Å². The molecule has 0 amide bonds. The third-order valence-electron chi connectivity index (χ3n) is 3.18. The Kier molecular flexibility index (Phi) is 5.07. The molecule has 0 aliphatic carbocycles. The zero-order valence-corrected chi connectivity index (χ0v) is 15.3. The van der Waals surface area contributed by atoms with Crippen LogP contribution in [0.4, 0.5) is 5.13 Å². The van der Waals surface area contributed by atoms with Crippen molar-refractivity contribution in [2.24, 2.45) is 0 Å². The van der Waals surface area contributed by atoms with Gasteiger partial charge in [-0.1, -0.05) is 60.2 Å². The number of aromatic nitrogens is 1. The molecule has 5 heteroatoms. The maximum Gasteiger partial charge on any atom is 0.185 e. The van der Waals surface area contributed by atoms with Gasteiger partial charge in [0.2, 0.25) is 0 Å². The molecule has 0 unspecified atom stereocenters. The van der Waals surface area contributed by atoms with E-state index in [9.17, 15) is 5.11 Å². The van der Waals surface area contributed by atoms with Crippen LogP contribution in [0.25, 0.3) is 0 Å². The average molecular weight is 369 g/mol. The molecule has 1 N–H and O–H groups in total. The first-order valence-electron chi connectivity index (χ1n) is 6.88. The second-order valence-electron chi connectivity index (χ2n) is 6.16. The molecule has 1 aromatic carbocycles. The van der Waals surface area contributed by atoms with E-state index >= 15 is 0 Å². The Morgan fingerprint density at radius 3 is 2.57 bits per heavy atom. The number of halogens is 1. The summed E-state index contributed by atoms with van der Waals surface area (Å²) in [5, 5.41) is 10.5. The van der Waals surface area contributed by atoms with Crippen molar-refractivity contribution < 1.29 is 5.11 Å². The minimum absolute atomic E-state index is 0.0506. The molecule has 0 aliphatic rings. The van der Waals surface area contributed by atoms with Gasteiger partial charge >= 0.3 is 0 Å². The van der Waals surface area contributed by atoms with Gasteiger partial charge in [-0.2, -0.15) is 0 Å². The highest BCUT2D eigenvalue weighted by atomic mass is 79.9. The third-order valence-corrected chi connectivity index (χ3v) is 4.82. The number of hydrogen-bond donors (Lipinski definition) is 1. The van der Waals surface area contributed by atoms with E-state index in [-0.39, 0.29) is 12.0 Å². The smallest absolute Gasteiger partial charge is 0.185 e. The molecule has 0 saturated heterocycles. The van der Waals surface area contributed by atoms with Crippen LogP contribution in [0.5, 0.6) is 0 Å². The number of aliphatic hydroxyl groups excluding tert-OH is 1. The maximum atomic E-state index is 9.55. The highest BCUT2D eigenvalue weighted by molar-refractivity contribution is 9.10. The molecule has 0 atom stereocenters. The predicted octanol–water partition coefficient (Wildman–Crippen LogP) is 4.33. The molecule has 21 heavy (non-hydrogen) atoms. The summed E-state index contributed by atoms with van der Waals surface area (Å²) in [6.07, 6.45) is 0. The van der Waals surface area contributed by atoms with Gasteiger partial charge in [-0.05, 0) is 17.7 Å². The Morgan fingerprint density at radius 2 is 2.05 bits per heavy atom. The summed E-state index contributed by atoms with van der Waals surface area (Å²) in [5.74, 6) is 0. The van der Waals surface area contributed by atoms with E-state index in [1.165, 1.54) is 5.56 Å². The monoisotopic (exact) mass is 368 g/mol. The lowest BCUT2D eigenvalue weighted by atomic mass is 9.91. The zero-order chi connectivity index (χ0) is 15.6. The molecule has 0 bridgehead atoms. The fourth-order valence-corrected chi connectivity index (χ4v) is 3.71. The van der Waals surface area contributed by atoms with Gasteiger partial charge in [-0.3, -0.25) is 0 Å². The molecule has 0 radical (unpaired) electrons. The Morgan fingerprint density at radius 1 is 1.33 bits per heavy atom. The third kappa shape index (κ3) is 4.05. The summed E-state index contributed by atoms with van der Waals surface area (Å²) in [4.78, 5) is 7.83. The van der Waals surface area contributed by atoms with Crippen LogP contribution in [-0.2, 0) is 18.6 Å². The summed E-state index contributed by atoms with van der Waals surface area (Å²) >= 11 is 5.07. The second-order valence-corrected chi connectivity index (χ2v) is 8.14. The van der Waals surface area contributed by atoms with Gasteiger partial charge in [0.15, 0.2) is 5.13 Å². The average Bonchev–Trinajstić information content (AvgIpc) is 2.82. The molecular formula is C16H21BrN2OS. The minimum Gasteiger partial charge on any atom is -0.391 e. The molecule has 114 valence electrons. The van der Waals surface area contributed by atoms with Crippen LogP contribution in [0.2, 0.25) is 0 Å². The lowest BCUT2D eigenvalue weighted by Crippen LogP contribution is -2.18. The normalized spacial score (nSPS) is 11.7. The van der Waals surface area contributed by atoms with Gasteiger partial charge in [0.1, 0.15) is 0 Å². The SMILES string of the molecule is CN(Cc1cccc(Br)c1)c1nc(C(C)(C)C)c(CO)s1. The van der Waals surface area contributed by atoms with Crippen molar-refractivity contribution in [2.75, 3.05) is 11.9 Å². The van der Waals surface area contributed by atoms with Crippen LogP contribution >= 0.6 is 27.3 Å². The van der Waals surface area contributed by atoms with Crippen LogP contribution in [0.3, 0.4) is 0 Å². The number of benzene rings is 1. The first-order valence-corrected chi connectivity index (χ1v) is 8.49. The molecule has 1 aromatic heterocycles. The van der Waals surface area contributed by atoms with Crippen molar-refractivity contribution in [3.63, 3.8) is 0 Å². The Balaban J connectivity index is 2.23. The number of nitrogens with zero attached hydrogens (tertiary/aromatic N) is 2. The van der Waals surface area contributed by atoms with Crippen LogP contribution in [0.1, 0.15) is 36.9 Å². The lowest BCUT2D eigenvalue weighted by molar-refractivity contribution is 0.282. The standard InChI is InChI=1S/C16H21BrN2OS/c1-16(2,3)14-13(10-20)21-15(18-14)19(4)9-11-6-5-7-12(17)8-11/h5-8,20H,9-10H2,1-4H3. The van der Waals surface area contributed by atoms with Crippen LogP contribution in [0.15, 0.2) is 28.7 Å². The van der Waals surface area contributed by atoms with Gasteiger partial charge in [0, 0.05) is 23.5 Å². The first kappa shape index (κ1) is 16.5. The molecule has 3 nitrogen and oxygen atoms in total. The number of rotatable bonds is 4. The number of hydrogen-bond acceptors (Lipinski definition) is 4. The van der Waals surface area contributed by atoms with E-state index < -0.39 is 0 Å². The van der Waals surface area contributed by atoms with E-state index in [2.05, 4.69) is 53.7 Å². The Labute approximate surface area is 138 Å². The number of anilines is 1. The van der Waals surface area contributed by atoms with Gasteiger partial charge in [-0.25, -0.2) is 4.98 Å². The second kappa shape index (κ2) is 6.46. The maximum absolute atomic E-state index is 9.55. The Hall–Kier alpha value is -0.910. The molecule has 0 aliphatic heterocycles. The molecule has 0 saturated carbocycles. The first-order chi connectivity index (χ1) is 9.81. The number of aliphatic hydroxyl groups is 1. The lowest BCUT2D eigenvalue weighted by Gasteiger charge is -2.18. The van der Waals surface area contributed by atoms with Crippen LogP contribution < -0.4 is 4.90 Å². The van der Waals surface area contributed by atoms with Gasteiger partial charge in [0.05, 0.1) is 17.2 Å². The Bertz CT molecular complexity index is 619. The van der Waals surface area contributed by atoms with Gasteiger partial charge in [0.25, 0.3) is 0 Å². The van der Waals surface area contributed by atoms with Gasteiger partial charge in [-0.15, -0.1) is 0 Å². The fourth-order valence-electron chi connectivity index (χ4n) is 2.17. The highest BCUT2D eigenvalue weighted by Crippen LogP contribution is 2.34. The minimum atomic E-state index is -0.0522. The van der Waals surface area contributed by atoms with E-state index in [4.69, 9.17) is 4.98 Å². The van der Waals surface area contributed by atoms with Crippen molar-refractivity contribution in [1.29, 1.82) is 0 Å². The van der Waals surface area contributed by atoms with Crippen LogP contribution in [0, 0.1) is 0 Å². The molecule has 2 rings (SSSR count). The van der Waals surface area contributed by atoms with E-state index in [1.807, 2.05) is 19.2 Å². The summed E-state index contributed by atoms with van der Waals surface area (Å²) in [6, 6.07) is 8.28. The summed E-state index contributed by atoms with van der Waals surface area (Å²) < 4.78 is 1.08. The van der Waals surface area contributed by atoms with E-state index in [0.717, 1.165) is 26.7 Å². The molecular weight excluding hydrogens is 348 g/mol. The van der Waals surface area contributed by atoms with Crippen molar-refractivity contribution in [3.8, 4) is 0 Å². The van der Waals surface area contributed by atoms with Crippen molar-refractivity contribution in [3.05, 3.63) is 44.9 Å². The largest absolute Gasteiger partial charge is 0.391 e. The van der Waals surface area contributed by atoms with E-state index in [0.29, 0.717) is 0 Å². The van der Waals surface area contributed by atoms with Crippen molar-refractivity contribution >= 4 is 32.4 Å².